The van der Waals surface area contributed by atoms with Crippen molar-refractivity contribution in [2.24, 2.45) is 0 Å². The summed E-state index contributed by atoms with van der Waals surface area (Å²) in [5, 5.41) is 15.6. The van der Waals surface area contributed by atoms with Gasteiger partial charge in [0.25, 0.3) is 0 Å². The first kappa shape index (κ1) is 15.8. The van der Waals surface area contributed by atoms with Crippen LogP contribution in [0.5, 0.6) is 0 Å². The standard InChI is InChI=1S/C17H26N2O2/c1-3-16(13-6-4-12(2)5-7-13)19-17(21)18-14-8-10-15(20)11-9-14/h4-7,14-16,20H,3,8-11H2,1-2H3,(H2,18,19,21). The smallest absolute Gasteiger partial charge is 0.315 e. The van der Waals surface area contributed by atoms with Gasteiger partial charge in [0, 0.05) is 6.04 Å². The average Bonchev–Trinajstić information content (AvgIpc) is 2.48. The first-order valence-electron chi connectivity index (χ1n) is 7.90. The fourth-order valence-corrected chi connectivity index (χ4v) is 2.83. The molecule has 1 fully saturated rings. The van der Waals surface area contributed by atoms with Crippen LogP contribution >= 0.6 is 0 Å². The van der Waals surface area contributed by atoms with Gasteiger partial charge >= 0.3 is 6.03 Å². The van der Waals surface area contributed by atoms with E-state index in [0.717, 1.165) is 37.7 Å². The van der Waals surface area contributed by atoms with Crippen LogP contribution in [0, 0.1) is 6.92 Å². The lowest BCUT2D eigenvalue weighted by Gasteiger charge is -2.27. The Kier molecular flexibility index (Phi) is 5.62. The number of benzene rings is 1. The molecule has 0 bridgehead atoms. The number of urea groups is 1. The molecular formula is C17H26N2O2. The van der Waals surface area contributed by atoms with E-state index in [0.29, 0.717) is 0 Å². The van der Waals surface area contributed by atoms with Gasteiger partial charge in [-0.3, -0.25) is 0 Å². The molecule has 0 spiro atoms. The second kappa shape index (κ2) is 7.46. The zero-order valence-electron chi connectivity index (χ0n) is 12.9. The van der Waals surface area contributed by atoms with Gasteiger partial charge in [0.05, 0.1) is 12.1 Å². The minimum absolute atomic E-state index is 0.0415. The van der Waals surface area contributed by atoms with Gasteiger partial charge in [-0.1, -0.05) is 36.8 Å². The number of amides is 2. The second-order valence-corrected chi connectivity index (χ2v) is 5.99. The van der Waals surface area contributed by atoms with E-state index in [4.69, 9.17) is 0 Å². The summed E-state index contributed by atoms with van der Waals surface area (Å²) in [6.07, 6.45) is 3.94. The summed E-state index contributed by atoms with van der Waals surface area (Å²) in [6.45, 7) is 4.13. The summed E-state index contributed by atoms with van der Waals surface area (Å²) in [6, 6.07) is 8.40. The van der Waals surface area contributed by atoms with Crippen LogP contribution in [0.4, 0.5) is 4.79 Å². The average molecular weight is 290 g/mol. The number of aliphatic hydroxyl groups excluding tert-OH is 1. The van der Waals surface area contributed by atoms with Gasteiger partial charge in [-0.05, 0) is 44.6 Å². The van der Waals surface area contributed by atoms with E-state index in [2.05, 4.69) is 48.7 Å². The van der Waals surface area contributed by atoms with Crippen LogP contribution in [0.1, 0.15) is 56.2 Å². The minimum Gasteiger partial charge on any atom is -0.393 e. The first-order chi connectivity index (χ1) is 10.1. The van der Waals surface area contributed by atoms with E-state index >= 15 is 0 Å². The molecule has 0 saturated heterocycles. The maximum atomic E-state index is 12.1. The fourth-order valence-electron chi connectivity index (χ4n) is 2.83. The number of carbonyl (C=O) groups excluding carboxylic acids is 1. The maximum Gasteiger partial charge on any atom is 0.315 e. The van der Waals surface area contributed by atoms with E-state index in [9.17, 15) is 9.90 Å². The first-order valence-corrected chi connectivity index (χ1v) is 7.90. The molecule has 2 rings (SSSR count). The molecule has 0 aliphatic heterocycles. The molecule has 21 heavy (non-hydrogen) atoms. The Labute approximate surface area is 126 Å². The predicted molar refractivity (Wildman–Crippen MR) is 84.1 cm³/mol. The number of hydrogen-bond donors (Lipinski definition) is 3. The van der Waals surface area contributed by atoms with Crippen LogP contribution in [-0.4, -0.2) is 23.3 Å². The molecule has 4 heteroatoms. The van der Waals surface area contributed by atoms with E-state index in [-0.39, 0.29) is 24.2 Å². The zero-order chi connectivity index (χ0) is 15.2. The highest BCUT2D eigenvalue weighted by Crippen LogP contribution is 2.19. The Morgan fingerprint density at radius 1 is 1.24 bits per heavy atom. The van der Waals surface area contributed by atoms with Crippen molar-refractivity contribution in [1.82, 2.24) is 10.6 Å². The van der Waals surface area contributed by atoms with E-state index in [1.807, 2.05) is 0 Å². The Morgan fingerprint density at radius 3 is 2.43 bits per heavy atom. The van der Waals surface area contributed by atoms with Crippen molar-refractivity contribution in [1.29, 1.82) is 0 Å². The van der Waals surface area contributed by atoms with Gasteiger partial charge in [-0.2, -0.15) is 0 Å². The molecule has 0 aromatic heterocycles. The highest BCUT2D eigenvalue weighted by molar-refractivity contribution is 5.74. The summed E-state index contributed by atoms with van der Waals surface area (Å²) < 4.78 is 0. The summed E-state index contributed by atoms with van der Waals surface area (Å²) in [7, 11) is 0. The molecule has 1 aromatic rings. The van der Waals surface area contributed by atoms with Crippen molar-refractivity contribution in [2.75, 3.05) is 0 Å². The largest absolute Gasteiger partial charge is 0.393 e. The number of nitrogens with one attached hydrogen (secondary N) is 2. The highest BCUT2D eigenvalue weighted by atomic mass is 16.3. The minimum atomic E-state index is -0.193. The van der Waals surface area contributed by atoms with Crippen molar-refractivity contribution in [2.45, 2.75) is 64.1 Å². The molecule has 2 amide bonds. The Bertz CT molecular complexity index is 450. The monoisotopic (exact) mass is 290 g/mol. The third-order valence-corrected chi connectivity index (χ3v) is 4.23. The number of carbonyl (C=O) groups is 1. The normalized spacial score (nSPS) is 23.4. The molecule has 1 saturated carbocycles. The van der Waals surface area contributed by atoms with Gasteiger partial charge in [-0.15, -0.1) is 0 Å². The molecule has 1 aliphatic carbocycles. The molecule has 4 nitrogen and oxygen atoms in total. The molecular weight excluding hydrogens is 264 g/mol. The van der Waals surface area contributed by atoms with E-state index in [1.165, 1.54) is 5.56 Å². The van der Waals surface area contributed by atoms with Crippen molar-refractivity contribution >= 4 is 6.03 Å². The van der Waals surface area contributed by atoms with Crippen LogP contribution in [0.25, 0.3) is 0 Å². The lowest BCUT2D eigenvalue weighted by atomic mass is 9.93. The van der Waals surface area contributed by atoms with Gasteiger partial charge < -0.3 is 15.7 Å². The Morgan fingerprint density at radius 2 is 1.86 bits per heavy atom. The number of aliphatic hydroxyl groups is 1. The van der Waals surface area contributed by atoms with Crippen molar-refractivity contribution in [3.63, 3.8) is 0 Å². The SMILES string of the molecule is CCC(NC(=O)NC1CCC(O)CC1)c1ccc(C)cc1. The Hall–Kier alpha value is -1.55. The van der Waals surface area contributed by atoms with Gasteiger partial charge in [0.2, 0.25) is 0 Å². The van der Waals surface area contributed by atoms with Crippen LogP contribution in [0.3, 0.4) is 0 Å². The fraction of sp³-hybridized carbons (Fsp3) is 0.588. The third-order valence-electron chi connectivity index (χ3n) is 4.23. The molecule has 0 heterocycles. The molecule has 1 atom stereocenters. The second-order valence-electron chi connectivity index (χ2n) is 5.99. The molecule has 116 valence electrons. The van der Waals surface area contributed by atoms with Crippen molar-refractivity contribution in [3.8, 4) is 0 Å². The quantitative estimate of drug-likeness (QED) is 0.798. The van der Waals surface area contributed by atoms with Gasteiger partial charge in [0.15, 0.2) is 0 Å². The summed E-state index contributed by atoms with van der Waals surface area (Å²) in [4.78, 5) is 12.1. The Balaban J connectivity index is 1.86. The lowest BCUT2D eigenvalue weighted by Crippen LogP contribution is -2.45. The number of rotatable bonds is 4. The summed E-state index contributed by atoms with van der Waals surface area (Å²) in [5.41, 5.74) is 2.36. The summed E-state index contributed by atoms with van der Waals surface area (Å²) >= 11 is 0. The van der Waals surface area contributed by atoms with E-state index in [1.54, 1.807) is 0 Å². The predicted octanol–water partition coefficient (Wildman–Crippen LogP) is 3.05. The van der Waals surface area contributed by atoms with Crippen molar-refractivity contribution < 1.29 is 9.90 Å². The van der Waals surface area contributed by atoms with Crippen LogP contribution in [-0.2, 0) is 0 Å². The number of hydrogen-bond acceptors (Lipinski definition) is 2. The third kappa shape index (κ3) is 4.74. The molecule has 1 unspecified atom stereocenters. The zero-order valence-corrected chi connectivity index (χ0v) is 12.9. The maximum absolute atomic E-state index is 12.1. The lowest BCUT2D eigenvalue weighted by molar-refractivity contribution is 0.117. The highest BCUT2D eigenvalue weighted by Gasteiger charge is 2.21. The van der Waals surface area contributed by atoms with Crippen molar-refractivity contribution in [3.05, 3.63) is 35.4 Å². The van der Waals surface area contributed by atoms with Crippen LogP contribution in [0.15, 0.2) is 24.3 Å². The van der Waals surface area contributed by atoms with Gasteiger partial charge in [0.1, 0.15) is 0 Å². The van der Waals surface area contributed by atoms with E-state index < -0.39 is 0 Å². The molecule has 1 aromatic carbocycles. The number of aryl methyl sites for hydroxylation is 1. The van der Waals surface area contributed by atoms with Gasteiger partial charge in [-0.25, -0.2) is 4.79 Å². The topological polar surface area (TPSA) is 61.4 Å². The van der Waals surface area contributed by atoms with Crippen LogP contribution in [0.2, 0.25) is 0 Å². The molecule has 0 radical (unpaired) electrons. The van der Waals surface area contributed by atoms with Crippen LogP contribution < -0.4 is 10.6 Å². The molecule has 3 N–H and O–H groups in total. The summed E-state index contributed by atoms with van der Waals surface area (Å²) in [5.74, 6) is 0. The molecule has 1 aliphatic rings.